The van der Waals surface area contributed by atoms with Crippen molar-refractivity contribution in [1.29, 1.82) is 0 Å². The van der Waals surface area contributed by atoms with Crippen LogP contribution in [0.2, 0.25) is 0 Å². The van der Waals surface area contributed by atoms with Crippen LogP contribution in [0.5, 0.6) is 5.75 Å². The van der Waals surface area contributed by atoms with Gasteiger partial charge in [0.05, 0.1) is 22.3 Å². The molecular formula is C24H23BrN4O2. The van der Waals surface area contributed by atoms with Crippen molar-refractivity contribution in [2.75, 3.05) is 13.2 Å². The predicted molar refractivity (Wildman–Crippen MR) is 124 cm³/mol. The second-order valence-corrected chi connectivity index (χ2v) is 8.37. The molecule has 1 unspecified atom stereocenters. The van der Waals surface area contributed by atoms with E-state index in [2.05, 4.69) is 44.2 Å². The molecule has 0 saturated carbocycles. The third-order valence-electron chi connectivity index (χ3n) is 5.47. The number of hydrogen-bond donors (Lipinski definition) is 0. The first kappa shape index (κ1) is 20.2. The lowest BCUT2D eigenvalue weighted by atomic mass is 10.0. The van der Waals surface area contributed by atoms with Crippen molar-refractivity contribution >= 4 is 26.8 Å². The first-order valence-corrected chi connectivity index (χ1v) is 11.4. The Hall–Kier alpha value is -2.77. The van der Waals surface area contributed by atoms with Crippen LogP contribution in [0.3, 0.4) is 0 Å². The van der Waals surface area contributed by atoms with Gasteiger partial charge in [0.25, 0.3) is 0 Å². The van der Waals surface area contributed by atoms with Gasteiger partial charge in [0.15, 0.2) is 0 Å². The Morgan fingerprint density at radius 1 is 1.13 bits per heavy atom. The van der Waals surface area contributed by atoms with E-state index in [0.29, 0.717) is 6.61 Å². The summed E-state index contributed by atoms with van der Waals surface area (Å²) >= 11 is 3.63. The first-order chi connectivity index (χ1) is 15.2. The molecule has 3 heterocycles. The van der Waals surface area contributed by atoms with Crippen molar-refractivity contribution in [3.8, 4) is 28.3 Å². The zero-order valence-corrected chi connectivity index (χ0v) is 18.9. The van der Waals surface area contributed by atoms with E-state index in [9.17, 15) is 0 Å². The summed E-state index contributed by atoms with van der Waals surface area (Å²) in [5, 5.41) is 5.90. The summed E-state index contributed by atoms with van der Waals surface area (Å²) in [4.78, 5) is 9.16. The van der Waals surface area contributed by atoms with Crippen LogP contribution in [-0.4, -0.2) is 33.0 Å². The molecule has 1 fully saturated rings. The normalized spacial score (nSPS) is 16.5. The standard InChI is InChI=1S/C24H23BrN4O2/c1-2-30-21-13-20-17(12-19(21)25)24(27-15-26-20)18-14-29(22-10-6-7-11-31-22)28-23(18)16-8-4-3-5-9-16/h3-5,8-9,12-15,22H,2,6-7,10-11H2,1H3. The smallest absolute Gasteiger partial charge is 0.150 e. The van der Waals surface area contributed by atoms with Crippen LogP contribution in [0.1, 0.15) is 32.4 Å². The summed E-state index contributed by atoms with van der Waals surface area (Å²) in [7, 11) is 0. The summed E-state index contributed by atoms with van der Waals surface area (Å²) in [6, 6.07) is 14.2. The molecule has 4 aromatic rings. The lowest BCUT2D eigenvalue weighted by Gasteiger charge is -2.22. The molecule has 0 spiro atoms. The lowest BCUT2D eigenvalue weighted by Crippen LogP contribution is -2.18. The largest absolute Gasteiger partial charge is 0.493 e. The molecule has 7 heteroatoms. The molecule has 2 aromatic carbocycles. The van der Waals surface area contributed by atoms with E-state index in [4.69, 9.17) is 14.6 Å². The van der Waals surface area contributed by atoms with E-state index in [0.717, 1.165) is 69.5 Å². The van der Waals surface area contributed by atoms with E-state index in [1.54, 1.807) is 6.33 Å². The maximum atomic E-state index is 6.00. The third-order valence-corrected chi connectivity index (χ3v) is 6.09. The van der Waals surface area contributed by atoms with Gasteiger partial charge in [0.2, 0.25) is 0 Å². The summed E-state index contributed by atoms with van der Waals surface area (Å²) in [5.74, 6) is 0.772. The van der Waals surface area contributed by atoms with Gasteiger partial charge in [-0.05, 0) is 48.2 Å². The Morgan fingerprint density at radius 3 is 2.77 bits per heavy atom. The first-order valence-electron chi connectivity index (χ1n) is 10.6. The number of benzene rings is 2. The van der Waals surface area contributed by atoms with Gasteiger partial charge in [0.1, 0.15) is 24.0 Å². The van der Waals surface area contributed by atoms with Gasteiger partial charge in [-0.25, -0.2) is 14.6 Å². The van der Waals surface area contributed by atoms with Gasteiger partial charge in [-0.1, -0.05) is 30.3 Å². The fourth-order valence-electron chi connectivity index (χ4n) is 3.99. The molecule has 1 aliphatic rings. The number of ether oxygens (including phenoxy) is 2. The van der Waals surface area contributed by atoms with Crippen molar-refractivity contribution in [1.82, 2.24) is 19.7 Å². The van der Waals surface area contributed by atoms with Crippen LogP contribution < -0.4 is 4.74 Å². The Bertz CT molecular complexity index is 1200. The molecule has 0 radical (unpaired) electrons. The third kappa shape index (κ3) is 3.95. The van der Waals surface area contributed by atoms with Gasteiger partial charge in [0, 0.05) is 35.4 Å². The van der Waals surface area contributed by atoms with Crippen molar-refractivity contribution in [3.05, 3.63) is 59.5 Å². The molecule has 2 aromatic heterocycles. The van der Waals surface area contributed by atoms with Crippen molar-refractivity contribution < 1.29 is 9.47 Å². The Balaban J connectivity index is 1.69. The number of rotatable bonds is 5. The van der Waals surface area contributed by atoms with Crippen LogP contribution in [0.4, 0.5) is 0 Å². The highest BCUT2D eigenvalue weighted by atomic mass is 79.9. The molecule has 31 heavy (non-hydrogen) atoms. The van der Waals surface area contributed by atoms with Gasteiger partial charge in [-0.3, -0.25) is 0 Å². The molecule has 1 aliphatic heterocycles. The maximum Gasteiger partial charge on any atom is 0.150 e. The molecule has 1 saturated heterocycles. The van der Waals surface area contributed by atoms with E-state index in [1.165, 1.54) is 0 Å². The zero-order chi connectivity index (χ0) is 21.2. The van der Waals surface area contributed by atoms with Crippen molar-refractivity contribution in [2.45, 2.75) is 32.4 Å². The number of nitrogens with zero attached hydrogens (tertiary/aromatic N) is 4. The quantitative estimate of drug-likeness (QED) is 0.350. The lowest BCUT2D eigenvalue weighted by molar-refractivity contribution is -0.0393. The van der Waals surface area contributed by atoms with E-state index in [-0.39, 0.29) is 6.23 Å². The number of aromatic nitrogens is 4. The molecule has 5 rings (SSSR count). The van der Waals surface area contributed by atoms with Crippen LogP contribution in [-0.2, 0) is 4.74 Å². The van der Waals surface area contributed by atoms with Crippen LogP contribution in [0, 0.1) is 0 Å². The second-order valence-electron chi connectivity index (χ2n) is 7.51. The molecule has 0 bridgehead atoms. The summed E-state index contributed by atoms with van der Waals surface area (Å²) in [5.41, 5.74) is 4.57. The minimum Gasteiger partial charge on any atom is -0.493 e. The average Bonchev–Trinajstić information content (AvgIpc) is 3.26. The maximum absolute atomic E-state index is 6.00. The summed E-state index contributed by atoms with van der Waals surface area (Å²) in [6.07, 6.45) is 6.82. The number of fused-ring (bicyclic) bond motifs is 1. The van der Waals surface area contributed by atoms with Gasteiger partial charge < -0.3 is 9.47 Å². The van der Waals surface area contributed by atoms with E-state index >= 15 is 0 Å². The monoisotopic (exact) mass is 478 g/mol. The molecule has 0 aliphatic carbocycles. The number of halogens is 1. The Labute approximate surface area is 189 Å². The van der Waals surface area contributed by atoms with Gasteiger partial charge in [-0.2, -0.15) is 5.10 Å². The van der Waals surface area contributed by atoms with Crippen LogP contribution in [0.25, 0.3) is 33.4 Å². The van der Waals surface area contributed by atoms with Crippen LogP contribution >= 0.6 is 15.9 Å². The fourth-order valence-corrected chi connectivity index (χ4v) is 4.45. The highest BCUT2D eigenvalue weighted by molar-refractivity contribution is 9.10. The molecule has 1 atom stereocenters. The van der Waals surface area contributed by atoms with Crippen molar-refractivity contribution in [2.24, 2.45) is 0 Å². The predicted octanol–water partition coefficient (Wildman–Crippen LogP) is 6.02. The fraction of sp³-hybridized carbons (Fsp3) is 0.292. The molecule has 0 amide bonds. The molecule has 6 nitrogen and oxygen atoms in total. The molecule has 158 valence electrons. The topological polar surface area (TPSA) is 62.1 Å². The average molecular weight is 479 g/mol. The van der Waals surface area contributed by atoms with Gasteiger partial charge >= 0.3 is 0 Å². The summed E-state index contributed by atoms with van der Waals surface area (Å²) in [6.45, 7) is 3.33. The molecular weight excluding hydrogens is 456 g/mol. The van der Waals surface area contributed by atoms with Crippen molar-refractivity contribution in [3.63, 3.8) is 0 Å². The molecule has 0 N–H and O–H groups in total. The van der Waals surface area contributed by atoms with Gasteiger partial charge in [-0.15, -0.1) is 0 Å². The highest BCUT2D eigenvalue weighted by Gasteiger charge is 2.23. The Morgan fingerprint density at radius 2 is 2.00 bits per heavy atom. The van der Waals surface area contributed by atoms with E-state index in [1.807, 2.05) is 41.9 Å². The Kier molecular flexibility index (Phi) is 5.70. The second kappa shape index (κ2) is 8.77. The van der Waals surface area contributed by atoms with E-state index < -0.39 is 0 Å². The minimum absolute atomic E-state index is 0.0469. The SMILES string of the molecule is CCOc1cc2ncnc(-c3cn(C4CCCCO4)nc3-c3ccccc3)c2cc1Br. The zero-order valence-electron chi connectivity index (χ0n) is 17.3. The number of hydrogen-bond acceptors (Lipinski definition) is 5. The van der Waals surface area contributed by atoms with Crippen LogP contribution in [0.15, 0.2) is 59.5 Å². The summed E-state index contributed by atoms with van der Waals surface area (Å²) < 4.78 is 14.6. The minimum atomic E-state index is -0.0469. The highest BCUT2D eigenvalue weighted by Crippen LogP contribution is 2.38.